The van der Waals surface area contributed by atoms with Crippen LogP contribution in [0.4, 0.5) is 16.8 Å². The van der Waals surface area contributed by atoms with Crippen molar-refractivity contribution in [3.05, 3.63) is 53.5 Å². The average molecular weight is 469 g/mol. The average Bonchev–Trinajstić information content (AvgIpc) is 3.19. The zero-order chi connectivity index (χ0) is 24.1. The molecule has 2 aromatic heterocycles. The molecular formula is C23H28N6O5. The van der Waals surface area contributed by atoms with Crippen molar-refractivity contribution in [3.8, 4) is 11.6 Å². The van der Waals surface area contributed by atoms with E-state index in [1.165, 1.54) is 0 Å². The number of ether oxygens (including phenoxy) is 2. The number of urea groups is 1. The number of nitrogens with zero attached hydrogens (tertiary/aromatic N) is 4. The van der Waals surface area contributed by atoms with Gasteiger partial charge in [0.1, 0.15) is 11.4 Å². The third-order valence-electron chi connectivity index (χ3n) is 5.11. The van der Waals surface area contributed by atoms with Crippen molar-refractivity contribution in [2.45, 2.75) is 32.9 Å². The minimum Gasteiger partial charge on any atom is -0.439 e. The molecule has 0 spiro atoms. The highest BCUT2D eigenvalue weighted by Crippen LogP contribution is 2.27. The van der Waals surface area contributed by atoms with Gasteiger partial charge in [-0.2, -0.15) is 9.97 Å². The van der Waals surface area contributed by atoms with E-state index in [4.69, 9.17) is 13.9 Å². The third kappa shape index (κ3) is 5.80. The first kappa shape index (κ1) is 23.5. The Bertz CT molecular complexity index is 1140. The minimum absolute atomic E-state index is 0.00767. The van der Waals surface area contributed by atoms with Crippen LogP contribution in [0, 0.1) is 6.92 Å². The Balaban J connectivity index is 1.39. The van der Waals surface area contributed by atoms with Gasteiger partial charge in [0.15, 0.2) is 5.76 Å². The van der Waals surface area contributed by atoms with Crippen LogP contribution in [0.15, 0.2) is 40.9 Å². The van der Waals surface area contributed by atoms with Crippen LogP contribution >= 0.6 is 0 Å². The van der Waals surface area contributed by atoms with Crippen molar-refractivity contribution in [1.29, 1.82) is 0 Å². The predicted molar refractivity (Wildman–Crippen MR) is 124 cm³/mol. The quantitative estimate of drug-likeness (QED) is 0.478. The van der Waals surface area contributed by atoms with Gasteiger partial charge >= 0.3 is 12.0 Å². The van der Waals surface area contributed by atoms with Gasteiger partial charge < -0.3 is 29.2 Å². The number of benzene rings is 1. The van der Waals surface area contributed by atoms with Crippen LogP contribution in [0.25, 0.3) is 0 Å². The molecule has 0 radical (unpaired) electrons. The summed E-state index contributed by atoms with van der Waals surface area (Å²) < 4.78 is 16.9. The minimum atomic E-state index is -1.20. The van der Waals surface area contributed by atoms with Gasteiger partial charge in [-0.3, -0.25) is 5.32 Å². The summed E-state index contributed by atoms with van der Waals surface area (Å²) >= 11 is 0. The van der Waals surface area contributed by atoms with Crippen molar-refractivity contribution in [1.82, 2.24) is 20.3 Å². The molecule has 1 aliphatic rings. The number of anilines is 2. The Kier molecular flexibility index (Phi) is 6.94. The lowest BCUT2D eigenvalue weighted by Gasteiger charge is -2.26. The standard InChI is InChI=1S/C23H28N6O5/c1-15-19(23(2,3)31)34-22(26-15)28-21(30)25-14-16-6-4-5-7-17(16)33-18-8-9-24-20(27-18)29-10-12-32-13-11-29/h4-9,31H,10-14H2,1-3H3,(H2,25,26,28,30). The first-order valence-corrected chi connectivity index (χ1v) is 11.0. The molecule has 0 aliphatic carbocycles. The Morgan fingerprint density at radius 2 is 1.97 bits per heavy atom. The molecule has 0 unspecified atom stereocenters. The van der Waals surface area contributed by atoms with Crippen LogP contribution in [0.2, 0.25) is 0 Å². The monoisotopic (exact) mass is 468 g/mol. The Morgan fingerprint density at radius 3 is 2.71 bits per heavy atom. The fourth-order valence-electron chi connectivity index (χ4n) is 3.50. The molecule has 180 valence electrons. The summed E-state index contributed by atoms with van der Waals surface area (Å²) in [7, 11) is 0. The van der Waals surface area contributed by atoms with Crippen LogP contribution in [0.1, 0.15) is 30.9 Å². The second kappa shape index (κ2) is 10.1. The lowest BCUT2D eigenvalue weighted by molar-refractivity contribution is 0.0541. The number of hydrogen-bond acceptors (Lipinski definition) is 9. The number of carbonyl (C=O) groups excluding carboxylic acids is 1. The normalized spacial score (nSPS) is 14.1. The number of oxazole rings is 1. The number of nitrogens with one attached hydrogen (secondary N) is 2. The van der Waals surface area contributed by atoms with Crippen LogP contribution < -0.4 is 20.3 Å². The number of aliphatic hydroxyl groups is 1. The number of para-hydroxylation sites is 1. The van der Waals surface area contributed by atoms with E-state index in [1.54, 1.807) is 39.1 Å². The van der Waals surface area contributed by atoms with E-state index in [9.17, 15) is 9.90 Å². The maximum atomic E-state index is 12.4. The molecule has 0 bridgehead atoms. The van der Waals surface area contributed by atoms with Gasteiger partial charge in [0.05, 0.1) is 18.9 Å². The SMILES string of the molecule is Cc1nc(NC(=O)NCc2ccccc2Oc2ccnc(N3CCOCC3)n2)oc1C(C)(C)O. The molecule has 1 aliphatic heterocycles. The largest absolute Gasteiger partial charge is 0.439 e. The van der Waals surface area contributed by atoms with Crippen molar-refractivity contribution in [2.24, 2.45) is 0 Å². The molecule has 11 heteroatoms. The number of amides is 2. The van der Waals surface area contributed by atoms with Crippen molar-refractivity contribution in [2.75, 3.05) is 36.5 Å². The second-order valence-corrected chi connectivity index (χ2v) is 8.30. The lowest BCUT2D eigenvalue weighted by Crippen LogP contribution is -2.37. The topological polar surface area (TPSA) is 135 Å². The zero-order valence-electron chi connectivity index (χ0n) is 19.4. The van der Waals surface area contributed by atoms with Crippen LogP contribution in [0.5, 0.6) is 11.6 Å². The summed E-state index contributed by atoms with van der Waals surface area (Å²) in [5.41, 5.74) is 0.0552. The summed E-state index contributed by atoms with van der Waals surface area (Å²) in [4.78, 5) is 27.4. The summed E-state index contributed by atoms with van der Waals surface area (Å²) in [5, 5.41) is 15.4. The molecule has 3 aromatic rings. The third-order valence-corrected chi connectivity index (χ3v) is 5.11. The summed E-state index contributed by atoms with van der Waals surface area (Å²) in [6.45, 7) is 7.79. The van der Waals surface area contributed by atoms with E-state index >= 15 is 0 Å². The van der Waals surface area contributed by atoms with E-state index in [2.05, 4.69) is 25.6 Å². The van der Waals surface area contributed by atoms with Crippen LogP contribution in [0.3, 0.4) is 0 Å². The second-order valence-electron chi connectivity index (χ2n) is 8.30. The maximum absolute atomic E-state index is 12.4. The lowest BCUT2D eigenvalue weighted by atomic mass is 10.1. The maximum Gasteiger partial charge on any atom is 0.323 e. The van der Waals surface area contributed by atoms with Gasteiger partial charge in [-0.15, -0.1) is 0 Å². The molecule has 1 aromatic carbocycles. The first-order chi connectivity index (χ1) is 16.3. The predicted octanol–water partition coefficient (Wildman–Crippen LogP) is 2.95. The molecule has 1 saturated heterocycles. The molecule has 34 heavy (non-hydrogen) atoms. The molecule has 4 rings (SSSR count). The summed E-state index contributed by atoms with van der Waals surface area (Å²) in [6.07, 6.45) is 1.65. The van der Waals surface area contributed by atoms with Gasteiger partial charge in [-0.25, -0.2) is 9.78 Å². The number of morpholine rings is 1. The molecule has 11 nitrogen and oxygen atoms in total. The first-order valence-electron chi connectivity index (χ1n) is 11.0. The number of aryl methyl sites for hydroxylation is 1. The molecule has 3 N–H and O–H groups in total. The Labute approximate surface area is 197 Å². The van der Waals surface area contributed by atoms with Crippen LogP contribution in [-0.4, -0.2) is 52.4 Å². The summed E-state index contributed by atoms with van der Waals surface area (Å²) in [6, 6.07) is 8.54. The van der Waals surface area contributed by atoms with Gasteiger partial charge in [0, 0.05) is 37.5 Å². The van der Waals surface area contributed by atoms with Crippen molar-refractivity contribution in [3.63, 3.8) is 0 Å². The number of aromatic nitrogens is 3. The Morgan fingerprint density at radius 1 is 1.21 bits per heavy atom. The van der Waals surface area contributed by atoms with Gasteiger partial charge in [0.25, 0.3) is 0 Å². The molecule has 0 atom stereocenters. The van der Waals surface area contributed by atoms with Gasteiger partial charge in [-0.1, -0.05) is 18.2 Å². The van der Waals surface area contributed by atoms with Crippen LogP contribution in [-0.2, 0) is 16.9 Å². The molecule has 2 amide bonds. The smallest absolute Gasteiger partial charge is 0.323 e. The van der Waals surface area contributed by atoms with E-state index in [1.807, 2.05) is 23.1 Å². The van der Waals surface area contributed by atoms with Gasteiger partial charge in [-0.05, 0) is 26.8 Å². The van der Waals surface area contributed by atoms with E-state index < -0.39 is 11.6 Å². The fraction of sp³-hybridized carbons (Fsp3) is 0.391. The highest BCUT2D eigenvalue weighted by molar-refractivity contribution is 5.87. The molecule has 1 fully saturated rings. The fourth-order valence-corrected chi connectivity index (χ4v) is 3.50. The zero-order valence-corrected chi connectivity index (χ0v) is 19.4. The van der Waals surface area contributed by atoms with Crippen molar-refractivity contribution >= 4 is 18.0 Å². The Hall–Kier alpha value is -3.70. The highest BCUT2D eigenvalue weighted by atomic mass is 16.5. The van der Waals surface area contributed by atoms with E-state index in [-0.39, 0.29) is 12.6 Å². The van der Waals surface area contributed by atoms with E-state index in [0.717, 1.165) is 18.7 Å². The molecular weight excluding hydrogens is 440 g/mol. The van der Waals surface area contributed by atoms with Gasteiger partial charge in [0.2, 0.25) is 11.8 Å². The number of carbonyl (C=O) groups is 1. The highest BCUT2D eigenvalue weighted by Gasteiger charge is 2.25. The van der Waals surface area contributed by atoms with E-state index in [0.29, 0.717) is 42.2 Å². The molecule has 3 heterocycles. The summed E-state index contributed by atoms with van der Waals surface area (Å²) in [5.74, 6) is 1.85. The number of hydrogen-bond donors (Lipinski definition) is 3. The van der Waals surface area contributed by atoms with Crippen molar-refractivity contribution < 1.29 is 23.8 Å². The number of rotatable bonds is 7. The molecule has 0 saturated carbocycles.